The molecule has 0 aliphatic heterocycles. The standard InChI is InChI=1S/C12H10N2O2S/c15-14(16)10-3-1-2-9(6-10)11-7-17-12(13-11)8-4-5-8/h1-3,6-8H,4-5H2. The maximum atomic E-state index is 10.7. The van der Waals surface area contributed by atoms with Gasteiger partial charge in [-0.1, -0.05) is 12.1 Å². The molecule has 0 bridgehead atoms. The Hall–Kier alpha value is -1.75. The van der Waals surface area contributed by atoms with Gasteiger partial charge in [-0.05, 0) is 12.8 Å². The van der Waals surface area contributed by atoms with Gasteiger partial charge in [0.15, 0.2) is 0 Å². The molecular formula is C12H10N2O2S. The minimum atomic E-state index is -0.377. The van der Waals surface area contributed by atoms with E-state index in [1.54, 1.807) is 23.5 Å². The topological polar surface area (TPSA) is 56.0 Å². The Kier molecular flexibility index (Phi) is 2.40. The summed E-state index contributed by atoms with van der Waals surface area (Å²) < 4.78 is 0. The quantitative estimate of drug-likeness (QED) is 0.614. The van der Waals surface area contributed by atoms with E-state index in [1.165, 1.54) is 18.9 Å². The third kappa shape index (κ3) is 2.06. The van der Waals surface area contributed by atoms with Crippen molar-refractivity contribution in [2.75, 3.05) is 0 Å². The summed E-state index contributed by atoms with van der Waals surface area (Å²) in [6, 6.07) is 6.63. The molecule has 5 heteroatoms. The second kappa shape index (κ2) is 3.92. The molecular weight excluding hydrogens is 236 g/mol. The average molecular weight is 246 g/mol. The number of non-ortho nitro benzene ring substituents is 1. The number of nitrogens with zero attached hydrogens (tertiary/aromatic N) is 2. The molecule has 0 spiro atoms. The smallest absolute Gasteiger partial charge is 0.258 e. The summed E-state index contributed by atoms with van der Waals surface area (Å²) in [5.41, 5.74) is 1.78. The van der Waals surface area contributed by atoms with Gasteiger partial charge in [-0.2, -0.15) is 0 Å². The molecule has 0 radical (unpaired) electrons. The van der Waals surface area contributed by atoms with Gasteiger partial charge in [-0.15, -0.1) is 11.3 Å². The SMILES string of the molecule is O=[N+]([O-])c1cccc(-c2csc(C3CC3)n2)c1. The second-order valence-electron chi connectivity index (χ2n) is 4.15. The van der Waals surface area contributed by atoms with Crippen molar-refractivity contribution in [3.05, 3.63) is 44.8 Å². The predicted octanol–water partition coefficient (Wildman–Crippen LogP) is 3.60. The van der Waals surface area contributed by atoms with Crippen LogP contribution in [0.3, 0.4) is 0 Å². The van der Waals surface area contributed by atoms with Crippen LogP contribution >= 0.6 is 11.3 Å². The first-order valence-corrected chi connectivity index (χ1v) is 6.32. The molecule has 1 aliphatic carbocycles. The van der Waals surface area contributed by atoms with E-state index >= 15 is 0 Å². The van der Waals surface area contributed by atoms with E-state index in [-0.39, 0.29) is 10.6 Å². The molecule has 3 rings (SSSR count). The number of thiazole rings is 1. The van der Waals surface area contributed by atoms with Gasteiger partial charge in [0.05, 0.1) is 15.6 Å². The first-order valence-electron chi connectivity index (χ1n) is 5.44. The third-order valence-corrected chi connectivity index (χ3v) is 3.81. The summed E-state index contributed by atoms with van der Waals surface area (Å²) in [6.07, 6.45) is 2.45. The lowest BCUT2D eigenvalue weighted by molar-refractivity contribution is -0.384. The van der Waals surface area contributed by atoms with Crippen molar-refractivity contribution >= 4 is 17.0 Å². The summed E-state index contributed by atoms with van der Waals surface area (Å²) in [7, 11) is 0. The predicted molar refractivity (Wildman–Crippen MR) is 66.2 cm³/mol. The molecule has 0 saturated heterocycles. The van der Waals surface area contributed by atoms with Gasteiger partial charge >= 0.3 is 0 Å². The summed E-state index contributed by atoms with van der Waals surface area (Å²) >= 11 is 1.65. The van der Waals surface area contributed by atoms with Gasteiger partial charge in [-0.25, -0.2) is 4.98 Å². The normalized spacial score (nSPS) is 14.8. The van der Waals surface area contributed by atoms with Crippen LogP contribution in [0.15, 0.2) is 29.6 Å². The van der Waals surface area contributed by atoms with Crippen LogP contribution < -0.4 is 0 Å². The van der Waals surface area contributed by atoms with Gasteiger partial charge < -0.3 is 0 Å². The van der Waals surface area contributed by atoms with Crippen LogP contribution in [0.2, 0.25) is 0 Å². The molecule has 0 atom stereocenters. The van der Waals surface area contributed by atoms with E-state index in [4.69, 9.17) is 0 Å². The van der Waals surface area contributed by atoms with Crippen molar-refractivity contribution in [2.24, 2.45) is 0 Å². The lowest BCUT2D eigenvalue weighted by Gasteiger charge is -1.96. The van der Waals surface area contributed by atoms with Crippen LogP contribution in [0.5, 0.6) is 0 Å². The number of nitro groups is 1. The van der Waals surface area contributed by atoms with Gasteiger partial charge in [0.1, 0.15) is 0 Å². The number of benzene rings is 1. The Morgan fingerprint density at radius 1 is 1.41 bits per heavy atom. The lowest BCUT2D eigenvalue weighted by Crippen LogP contribution is -1.88. The molecule has 0 unspecified atom stereocenters. The molecule has 4 nitrogen and oxygen atoms in total. The largest absolute Gasteiger partial charge is 0.270 e. The van der Waals surface area contributed by atoms with Gasteiger partial charge in [0.25, 0.3) is 5.69 Å². The van der Waals surface area contributed by atoms with Crippen LogP contribution in [-0.2, 0) is 0 Å². The summed E-state index contributed by atoms with van der Waals surface area (Å²) in [5.74, 6) is 0.632. The van der Waals surface area contributed by atoms with Crippen LogP contribution in [0, 0.1) is 10.1 Å². The molecule has 1 heterocycles. The maximum absolute atomic E-state index is 10.7. The fourth-order valence-electron chi connectivity index (χ4n) is 1.72. The third-order valence-electron chi connectivity index (χ3n) is 2.80. The Labute approximate surface area is 102 Å². The monoisotopic (exact) mass is 246 g/mol. The van der Waals surface area contributed by atoms with Crippen molar-refractivity contribution in [3.8, 4) is 11.3 Å². The minimum Gasteiger partial charge on any atom is -0.258 e. The molecule has 2 aromatic rings. The molecule has 86 valence electrons. The Morgan fingerprint density at radius 2 is 2.24 bits per heavy atom. The van der Waals surface area contributed by atoms with E-state index < -0.39 is 0 Å². The minimum absolute atomic E-state index is 0.114. The zero-order valence-electron chi connectivity index (χ0n) is 9.00. The molecule has 1 fully saturated rings. The molecule has 17 heavy (non-hydrogen) atoms. The fourth-order valence-corrected chi connectivity index (χ4v) is 2.72. The molecule has 0 N–H and O–H groups in total. The molecule has 1 aliphatic rings. The van der Waals surface area contributed by atoms with Crippen molar-refractivity contribution in [3.63, 3.8) is 0 Å². The van der Waals surface area contributed by atoms with E-state index in [2.05, 4.69) is 4.98 Å². The second-order valence-corrected chi connectivity index (χ2v) is 5.04. The van der Waals surface area contributed by atoms with E-state index in [0.29, 0.717) is 5.92 Å². The highest BCUT2D eigenvalue weighted by Gasteiger charge is 2.26. The number of hydrogen-bond acceptors (Lipinski definition) is 4. The van der Waals surface area contributed by atoms with Gasteiger partial charge in [0.2, 0.25) is 0 Å². The van der Waals surface area contributed by atoms with Crippen molar-refractivity contribution < 1.29 is 4.92 Å². The lowest BCUT2D eigenvalue weighted by atomic mass is 10.1. The number of rotatable bonds is 3. The zero-order valence-corrected chi connectivity index (χ0v) is 9.81. The molecule has 1 saturated carbocycles. The first-order chi connectivity index (χ1) is 8.24. The Balaban J connectivity index is 1.96. The summed E-state index contributed by atoms with van der Waals surface area (Å²) in [6.45, 7) is 0. The summed E-state index contributed by atoms with van der Waals surface area (Å²) in [4.78, 5) is 14.9. The van der Waals surface area contributed by atoms with Crippen molar-refractivity contribution in [1.82, 2.24) is 4.98 Å². The van der Waals surface area contributed by atoms with E-state index in [1.807, 2.05) is 11.4 Å². The van der Waals surface area contributed by atoms with Crippen LogP contribution in [0.25, 0.3) is 11.3 Å². The number of nitro benzene ring substituents is 1. The van der Waals surface area contributed by atoms with E-state index in [9.17, 15) is 10.1 Å². The van der Waals surface area contributed by atoms with Crippen LogP contribution in [-0.4, -0.2) is 9.91 Å². The molecule has 1 aromatic heterocycles. The highest BCUT2D eigenvalue weighted by atomic mass is 32.1. The highest BCUT2D eigenvalue weighted by Crippen LogP contribution is 2.42. The van der Waals surface area contributed by atoms with E-state index in [0.717, 1.165) is 16.3 Å². The van der Waals surface area contributed by atoms with Crippen LogP contribution in [0.1, 0.15) is 23.8 Å². The molecule has 1 aromatic carbocycles. The first kappa shape index (κ1) is 10.4. The number of aromatic nitrogens is 1. The molecule has 0 amide bonds. The average Bonchev–Trinajstić information content (AvgIpc) is 3.07. The Morgan fingerprint density at radius 3 is 2.94 bits per heavy atom. The summed E-state index contributed by atoms with van der Waals surface area (Å²) in [5, 5.41) is 13.8. The Bertz CT molecular complexity index is 575. The van der Waals surface area contributed by atoms with Crippen LogP contribution in [0.4, 0.5) is 5.69 Å². The fraction of sp³-hybridized carbons (Fsp3) is 0.250. The van der Waals surface area contributed by atoms with Gasteiger partial charge in [0, 0.05) is 29.0 Å². The van der Waals surface area contributed by atoms with Crippen molar-refractivity contribution in [2.45, 2.75) is 18.8 Å². The van der Waals surface area contributed by atoms with Gasteiger partial charge in [-0.3, -0.25) is 10.1 Å². The zero-order chi connectivity index (χ0) is 11.8. The number of hydrogen-bond donors (Lipinski definition) is 0. The maximum Gasteiger partial charge on any atom is 0.270 e. The van der Waals surface area contributed by atoms with Crippen molar-refractivity contribution in [1.29, 1.82) is 0 Å². The highest BCUT2D eigenvalue weighted by molar-refractivity contribution is 7.10.